The number of esters is 2. The van der Waals surface area contributed by atoms with Crippen LogP contribution in [0.1, 0.15) is 279 Å². The van der Waals surface area contributed by atoms with Crippen molar-refractivity contribution in [2.75, 3.05) is 26.3 Å². The molecule has 0 heterocycles. The summed E-state index contributed by atoms with van der Waals surface area (Å²) in [5.41, 5.74) is 0. The SMILES string of the molecule is CCCCCCCCC(CCCCCCCC)OC(=O)CCCCCCCN(CCCCCCCC(=O)OCCCC(CCCCCC)CCCCCC)C(C)CO. The van der Waals surface area contributed by atoms with E-state index in [1.54, 1.807) is 0 Å². The number of unbranched alkanes of at least 4 members (excludes halogenated alkanes) is 24. The van der Waals surface area contributed by atoms with Crippen LogP contribution in [0, 0.1) is 5.92 Å². The molecule has 1 N–H and O–H groups in total. The highest BCUT2D eigenvalue weighted by atomic mass is 16.5. The first-order chi connectivity index (χ1) is 28.4. The van der Waals surface area contributed by atoms with E-state index >= 15 is 0 Å². The molecule has 0 aromatic carbocycles. The van der Waals surface area contributed by atoms with Crippen LogP contribution >= 0.6 is 0 Å². The zero-order valence-electron chi connectivity index (χ0n) is 40.0. The molecule has 58 heavy (non-hydrogen) atoms. The van der Waals surface area contributed by atoms with Crippen LogP contribution in [-0.4, -0.2) is 60.4 Å². The predicted octanol–water partition coefficient (Wildman–Crippen LogP) is 15.6. The van der Waals surface area contributed by atoms with Crippen LogP contribution in [0.3, 0.4) is 0 Å². The lowest BCUT2D eigenvalue weighted by Gasteiger charge is -2.27. The Morgan fingerprint density at radius 2 is 0.810 bits per heavy atom. The van der Waals surface area contributed by atoms with E-state index in [9.17, 15) is 14.7 Å². The predicted molar refractivity (Wildman–Crippen MR) is 251 cm³/mol. The van der Waals surface area contributed by atoms with Crippen LogP contribution in [0.5, 0.6) is 0 Å². The third-order valence-corrected chi connectivity index (χ3v) is 12.5. The third-order valence-electron chi connectivity index (χ3n) is 12.5. The van der Waals surface area contributed by atoms with Crippen LogP contribution in [-0.2, 0) is 19.1 Å². The van der Waals surface area contributed by atoms with Gasteiger partial charge in [0.2, 0.25) is 0 Å². The highest BCUT2D eigenvalue weighted by Gasteiger charge is 2.16. The molecule has 0 saturated carbocycles. The second-order valence-electron chi connectivity index (χ2n) is 18.3. The summed E-state index contributed by atoms with van der Waals surface area (Å²) in [4.78, 5) is 27.6. The molecule has 1 unspecified atom stereocenters. The molecule has 0 aromatic heterocycles. The van der Waals surface area contributed by atoms with Gasteiger partial charge in [-0.1, -0.05) is 195 Å². The van der Waals surface area contributed by atoms with Gasteiger partial charge in [0.1, 0.15) is 6.10 Å². The second kappa shape index (κ2) is 45.4. The lowest BCUT2D eigenvalue weighted by molar-refractivity contribution is -0.150. The van der Waals surface area contributed by atoms with Gasteiger partial charge in [-0.3, -0.25) is 14.5 Å². The van der Waals surface area contributed by atoms with Gasteiger partial charge >= 0.3 is 11.9 Å². The quantitative estimate of drug-likeness (QED) is 0.0487. The molecule has 0 aliphatic heterocycles. The Morgan fingerprint density at radius 3 is 1.28 bits per heavy atom. The van der Waals surface area contributed by atoms with E-state index in [1.807, 2.05) is 0 Å². The Kier molecular flexibility index (Phi) is 44.5. The van der Waals surface area contributed by atoms with Crippen molar-refractivity contribution in [1.82, 2.24) is 4.90 Å². The van der Waals surface area contributed by atoms with Crippen molar-refractivity contribution in [3.63, 3.8) is 0 Å². The van der Waals surface area contributed by atoms with Crippen molar-refractivity contribution in [2.24, 2.45) is 5.92 Å². The van der Waals surface area contributed by atoms with Crippen molar-refractivity contribution in [3.8, 4) is 0 Å². The molecule has 0 aliphatic rings. The molecule has 0 aliphatic carbocycles. The first-order valence-electron chi connectivity index (χ1n) is 26.1. The molecule has 0 amide bonds. The van der Waals surface area contributed by atoms with Gasteiger partial charge in [-0.25, -0.2) is 0 Å². The van der Waals surface area contributed by atoms with E-state index in [-0.39, 0.29) is 30.7 Å². The second-order valence-corrected chi connectivity index (χ2v) is 18.3. The van der Waals surface area contributed by atoms with E-state index in [4.69, 9.17) is 9.47 Å². The minimum Gasteiger partial charge on any atom is -0.466 e. The van der Waals surface area contributed by atoms with E-state index in [0.29, 0.717) is 19.4 Å². The lowest BCUT2D eigenvalue weighted by atomic mass is 9.91. The monoisotopic (exact) mass is 822 g/mol. The summed E-state index contributed by atoms with van der Waals surface area (Å²) in [6, 6.07) is 0.183. The third kappa shape index (κ3) is 39.0. The minimum absolute atomic E-state index is 0.0142. The summed E-state index contributed by atoms with van der Waals surface area (Å²) in [5, 5.41) is 9.88. The topological polar surface area (TPSA) is 76.1 Å². The average Bonchev–Trinajstić information content (AvgIpc) is 3.22. The summed E-state index contributed by atoms with van der Waals surface area (Å²) < 4.78 is 11.7. The van der Waals surface area contributed by atoms with Gasteiger partial charge in [-0.2, -0.15) is 0 Å². The van der Waals surface area contributed by atoms with Crippen molar-refractivity contribution >= 4 is 11.9 Å². The number of nitrogens with zero attached hydrogens (tertiary/aromatic N) is 1. The molecule has 6 heteroatoms. The van der Waals surface area contributed by atoms with Gasteiger partial charge in [0.15, 0.2) is 0 Å². The number of hydrogen-bond donors (Lipinski definition) is 1. The van der Waals surface area contributed by atoms with Crippen LogP contribution < -0.4 is 0 Å². The van der Waals surface area contributed by atoms with Gasteiger partial charge in [-0.05, 0) is 90.1 Å². The molecule has 6 nitrogen and oxygen atoms in total. The Hall–Kier alpha value is -1.14. The van der Waals surface area contributed by atoms with E-state index in [1.165, 1.54) is 148 Å². The number of rotatable bonds is 47. The number of ether oxygens (including phenoxy) is 2. The van der Waals surface area contributed by atoms with Gasteiger partial charge in [0.25, 0.3) is 0 Å². The highest BCUT2D eigenvalue weighted by molar-refractivity contribution is 5.69. The molecule has 0 rings (SSSR count). The smallest absolute Gasteiger partial charge is 0.306 e. The summed E-state index contributed by atoms with van der Waals surface area (Å²) in [6.07, 6.45) is 45.2. The lowest BCUT2D eigenvalue weighted by Crippen LogP contribution is -2.37. The van der Waals surface area contributed by atoms with Gasteiger partial charge in [0.05, 0.1) is 13.2 Å². The largest absolute Gasteiger partial charge is 0.466 e. The van der Waals surface area contributed by atoms with Crippen LogP contribution in [0.2, 0.25) is 0 Å². The minimum atomic E-state index is -0.0171. The van der Waals surface area contributed by atoms with Crippen LogP contribution in [0.15, 0.2) is 0 Å². The van der Waals surface area contributed by atoms with E-state index < -0.39 is 0 Å². The average molecular weight is 822 g/mol. The number of hydrogen-bond acceptors (Lipinski definition) is 6. The number of aliphatic hydroxyl groups excluding tert-OH is 1. The van der Waals surface area contributed by atoms with Crippen molar-refractivity contribution in [3.05, 3.63) is 0 Å². The van der Waals surface area contributed by atoms with E-state index in [0.717, 1.165) is 102 Å². The van der Waals surface area contributed by atoms with Gasteiger partial charge < -0.3 is 14.6 Å². The normalized spacial score (nSPS) is 12.3. The summed E-state index contributed by atoms with van der Waals surface area (Å²) >= 11 is 0. The Bertz CT molecular complexity index is 824. The molecular weight excluding hydrogens is 719 g/mol. The Labute approximate surface area is 362 Å². The Balaban J connectivity index is 4.16. The molecule has 1 atom stereocenters. The molecule has 0 aromatic rings. The maximum Gasteiger partial charge on any atom is 0.306 e. The van der Waals surface area contributed by atoms with E-state index in [2.05, 4.69) is 39.5 Å². The van der Waals surface area contributed by atoms with Gasteiger partial charge in [0, 0.05) is 18.9 Å². The fourth-order valence-corrected chi connectivity index (χ4v) is 8.49. The molecule has 0 saturated heterocycles. The molecule has 0 fully saturated rings. The molecular formula is C52H103NO5. The van der Waals surface area contributed by atoms with Crippen molar-refractivity contribution < 1.29 is 24.2 Å². The standard InChI is InChI=1S/C52H103NO5/c1-6-10-14-18-22-30-40-50(41-31-23-19-15-11-7-2)58-52(56)43-33-25-21-27-35-45-53(48(5)47-54)44-34-26-20-24-32-42-51(55)57-46-36-39-49(37-28-16-12-8-3)38-29-17-13-9-4/h48-50,54H,6-47H2,1-5H3. The number of aliphatic hydroxyl groups is 1. The number of carbonyl (C=O) groups is 2. The van der Waals surface area contributed by atoms with Crippen molar-refractivity contribution in [2.45, 2.75) is 291 Å². The zero-order valence-corrected chi connectivity index (χ0v) is 40.0. The number of carbonyl (C=O) groups excluding carboxylic acids is 2. The fraction of sp³-hybridized carbons (Fsp3) is 0.962. The highest BCUT2D eigenvalue weighted by Crippen LogP contribution is 2.23. The Morgan fingerprint density at radius 1 is 0.448 bits per heavy atom. The molecule has 0 radical (unpaired) electrons. The first kappa shape index (κ1) is 56.9. The molecule has 0 bridgehead atoms. The summed E-state index contributed by atoms with van der Waals surface area (Å²) in [5.74, 6) is 0.798. The molecule has 346 valence electrons. The van der Waals surface area contributed by atoms with Crippen molar-refractivity contribution in [1.29, 1.82) is 0 Å². The van der Waals surface area contributed by atoms with Crippen LogP contribution in [0.4, 0.5) is 0 Å². The maximum atomic E-state index is 12.8. The zero-order chi connectivity index (χ0) is 42.6. The fourth-order valence-electron chi connectivity index (χ4n) is 8.49. The first-order valence-corrected chi connectivity index (χ1v) is 26.1. The summed E-state index contributed by atoms with van der Waals surface area (Å²) in [6.45, 7) is 14.0. The maximum absolute atomic E-state index is 12.8. The van der Waals surface area contributed by atoms with Gasteiger partial charge in [-0.15, -0.1) is 0 Å². The summed E-state index contributed by atoms with van der Waals surface area (Å²) in [7, 11) is 0. The van der Waals surface area contributed by atoms with Crippen LogP contribution in [0.25, 0.3) is 0 Å². The molecule has 0 spiro atoms.